The number of aliphatic imine (C=N–C) groups is 1. The summed E-state index contributed by atoms with van der Waals surface area (Å²) in [6.45, 7) is 14.4. The molecule has 1 atom stereocenters. The van der Waals surface area contributed by atoms with Crippen molar-refractivity contribution in [1.29, 1.82) is 0 Å². The predicted molar refractivity (Wildman–Crippen MR) is 116 cm³/mol. The van der Waals surface area contributed by atoms with Gasteiger partial charge in [0.2, 0.25) is 0 Å². The number of hydrogen-bond donors (Lipinski definition) is 2. The highest BCUT2D eigenvalue weighted by molar-refractivity contribution is 5.79. The number of ether oxygens (including phenoxy) is 1. The first-order chi connectivity index (χ1) is 13.1. The van der Waals surface area contributed by atoms with Crippen LogP contribution in [0.3, 0.4) is 0 Å². The Balaban J connectivity index is 2.43. The van der Waals surface area contributed by atoms with E-state index in [1.54, 1.807) is 0 Å². The van der Waals surface area contributed by atoms with Gasteiger partial charge in [0.25, 0.3) is 0 Å². The van der Waals surface area contributed by atoms with Gasteiger partial charge in [0.15, 0.2) is 5.96 Å². The van der Waals surface area contributed by atoms with Crippen LogP contribution in [0.2, 0.25) is 0 Å². The molecule has 0 amide bonds. The van der Waals surface area contributed by atoms with Crippen molar-refractivity contribution in [2.24, 2.45) is 4.99 Å². The molecule has 1 aromatic carbocycles. The molecule has 0 radical (unpaired) electrons. The number of hydrogen-bond acceptors (Lipinski definition) is 3. The lowest BCUT2D eigenvalue weighted by atomic mass is 10.1. The summed E-state index contributed by atoms with van der Waals surface area (Å²) in [7, 11) is 1.83. The van der Waals surface area contributed by atoms with Crippen molar-refractivity contribution in [3.05, 3.63) is 35.4 Å². The van der Waals surface area contributed by atoms with Gasteiger partial charge in [-0.1, -0.05) is 45.0 Å². The summed E-state index contributed by atoms with van der Waals surface area (Å²) in [5, 5.41) is 6.95. The Kier molecular flexibility index (Phi) is 12.6. The Morgan fingerprint density at radius 2 is 1.85 bits per heavy atom. The van der Waals surface area contributed by atoms with Gasteiger partial charge in [-0.15, -0.1) is 0 Å². The molecule has 154 valence electrons. The summed E-state index contributed by atoms with van der Waals surface area (Å²) >= 11 is 0. The average molecular weight is 377 g/mol. The fraction of sp³-hybridized carbons (Fsp3) is 0.682. The summed E-state index contributed by atoms with van der Waals surface area (Å²) in [6.07, 6.45) is 3.38. The van der Waals surface area contributed by atoms with Gasteiger partial charge < -0.3 is 20.3 Å². The van der Waals surface area contributed by atoms with Gasteiger partial charge in [0.05, 0.1) is 6.61 Å². The van der Waals surface area contributed by atoms with Gasteiger partial charge in [-0.05, 0) is 56.9 Å². The van der Waals surface area contributed by atoms with Gasteiger partial charge in [0, 0.05) is 26.2 Å². The van der Waals surface area contributed by atoms with E-state index in [2.05, 4.69) is 72.5 Å². The van der Waals surface area contributed by atoms with Crippen molar-refractivity contribution < 1.29 is 4.74 Å². The zero-order chi connectivity index (χ0) is 19.9. The minimum Gasteiger partial charge on any atom is -0.377 e. The number of benzene rings is 1. The van der Waals surface area contributed by atoms with E-state index in [0.29, 0.717) is 12.6 Å². The van der Waals surface area contributed by atoms with Crippen LogP contribution in [-0.2, 0) is 17.9 Å². The lowest BCUT2D eigenvalue weighted by molar-refractivity contribution is 0.121. The summed E-state index contributed by atoms with van der Waals surface area (Å²) < 4.78 is 5.71. The maximum atomic E-state index is 5.71. The second kappa shape index (κ2) is 14.5. The first-order valence-corrected chi connectivity index (χ1v) is 10.5. The standard InChI is InChI=1S/C22H40N4O/c1-6-16-27-18-21-14-10-9-13-20(21)17-24-22(23-5)25-19(4)12-11-15-26(7-2)8-3/h9-10,13-14,19H,6-8,11-12,15-18H2,1-5H3,(H2,23,24,25). The van der Waals surface area contributed by atoms with Crippen molar-refractivity contribution >= 4 is 5.96 Å². The number of guanidine groups is 1. The minimum absolute atomic E-state index is 0.398. The predicted octanol–water partition coefficient (Wildman–Crippen LogP) is 3.79. The molecule has 2 N–H and O–H groups in total. The first kappa shape index (κ1) is 23.4. The molecule has 1 unspecified atom stereocenters. The summed E-state index contributed by atoms with van der Waals surface area (Å²) in [5.74, 6) is 0.856. The highest BCUT2D eigenvalue weighted by atomic mass is 16.5. The fourth-order valence-electron chi connectivity index (χ4n) is 3.04. The molecule has 0 saturated heterocycles. The highest BCUT2D eigenvalue weighted by Crippen LogP contribution is 2.10. The quantitative estimate of drug-likeness (QED) is 0.312. The van der Waals surface area contributed by atoms with Crippen molar-refractivity contribution in [3.8, 4) is 0 Å². The third-order valence-electron chi connectivity index (χ3n) is 4.78. The zero-order valence-corrected chi connectivity index (χ0v) is 18.1. The van der Waals surface area contributed by atoms with Crippen LogP contribution in [0.4, 0.5) is 0 Å². The molecule has 0 bridgehead atoms. The van der Waals surface area contributed by atoms with E-state index in [-0.39, 0.29) is 0 Å². The molecule has 0 spiro atoms. The first-order valence-electron chi connectivity index (χ1n) is 10.5. The van der Waals surface area contributed by atoms with Gasteiger partial charge in [-0.2, -0.15) is 0 Å². The maximum Gasteiger partial charge on any atom is 0.191 e. The molecular formula is C22H40N4O. The topological polar surface area (TPSA) is 48.9 Å². The van der Waals surface area contributed by atoms with Gasteiger partial charge >= 0.3 is 0 Å². The Morgan fingerprint density at radius 1 is 1.15 bits per heavy atom. The van der Waals surface area contributed by atoms with Crippen LogP contribution in [-0.4, -0.2) is 50.2 Å². The van der Waals surface area contributed by atoms with E-state index >= 15 is 0 Å². The molecule has 1 aromatic rings. The lowest BCUT2D eigenvalue weighted by Gasteiger charge is -2.21. The Morgan fingerprint density at radius 3 is 2.48 bits per heavy atom. The van der Waals surface area contributed by atoms with E-state index in [4.69, 9.17) is 4.74 Å². The maximum absolute atomic E-state index is 5.71. The molecule has 27 heavy (non-hydrogen) atoms. The largest absolute Gasteiger partial charge is 0.377 e. The van der Waals surface area contributed by atoms with E-state index in [1.807, 2.05) is 7.05 Å². The Hall–Kier alpha value is -1.59. The van der Waals surface area contributed by atoms with Crippen LogP contribution >= 0.6 is 0 Å². The number of nitrogens with one attached hydrogen (secondary N) is 2. The Labute approximate surface area is 166 Å². The molecule has 1 rings (SSSR count). The monoisotopic (exact) mass is 376 g/mol. The molecular weight excluding hydrogens is 336 g/mol. The molecule has 0 aromatic heterocycles. The molecule has 0 saturated carbocycles. The van der Waals surface area contributed by atoms with Gasteiger partial charge in [-0.25, -0.2) is 0 Å². The molecule has 0 aliphatic rings. The third kappa shape index (κ3) is 9.78. The fourth-order valence-corrected chi connectivity index (χ4v) is 3.04. The van der Waals surface area contributed by atoms with Crippen molar-refractivity contribution in [1.82, 2.24) is 15.5 Å². The normalized spacial score (nSPS) is 13.0. The molecule has 0 heterocycles. The van der Waals surface area contributed by atoms with Gasteiger partial charge in [0.1, 0.15) is 0 Å². The summed E-state index contributed by atoms with van der Waals surface area (Å²) in [6, 6.07) is 8.83. The van der Waals surface area contributed by atoms with E-state index in [0.717, 1.165) is 51.6 Å². The smallest absolute Gasteiger partial charge is 0.191 e. The van der Waals surface area contributed by atoms with Crippen LogP contribution < -0.4 is 10.6 Å². The van der Waals surface area contributed by atoms with E-state index in [9.17, 15) is 0 Å². The van der Waals surface area contributed by atoms with Crippen LogP contribution in [0.1, 0.15) is 58.1 Å². The third-order valence-corrected chi connectivity index (χ3v) is 4.78. The van der Waals surface area contributed by atoms with Gasteiger partial charge in [-0.3, -0.25) is 4.99 Å². The van der Waals surface area contributed by atoms with Crippen molar-refractivity contribution in [3.63, 3.8) is 0 Å². The van der Waals surface area contributed by atoms with Crippen LogP contribution in [0.15, 0.2) is 29.3 Å². The van der Waals surface area contributed by atoms with Crippen molar-refractivity contribution in [2.45, 2.75) is 66.2 Å². The summed E-state index contributed by atoms with van der Waals surface area (Å²) in [4.78, 5) is 6.85. The molecule has 0 fully saturated rings. The number of nitrogens with zero attached hydrogens (tertiary/aromatic N) is 2. The SMILES string of the molecule is CCCOCc1ccccc1CNC(=NC)NC(C)CCCN(CC)CC. The zero-order valence-electron chi connectivity index (χ0n) is 18.1. The summed E-state index contributed by atoms with van der Waals surface area (Å²) in [5.41, 5.74) is 2.49. The second-order valence-corrected chi connectivity index (χ2v) is 6.96. The van der Waals surface area contributed by atoms with Crippen molar-refractivity contribution in [2.75, 3.05) is 33.3 Å². The minimum atomic E-state index is 0.398. The average Bonchev–Trinajstić information content (AvgIpc) is 2.69. The van der Waals surface area contributed by atoms with Crippen LogP contribution in [0.5, 0.6) is 0 Å². The van der Waals surface area contributed by atoms with E-state index in [1.165, 1.54) is 17.5 Å². The molecule has 0 aliphatic heterocycles. The Bertz CT molecular complexity index is 529. The molecule has 5 nitrogen and oxygen atoms in total. The number of rotatable bonds is 13. The van der Waals surface area contributed by atoms with E-state index < -0.39 is 0 Å². The molecule has 0 aliphatic carbocycles. The highest BCUT2D eigenvalue weighted by Gasteiger charge is 2.08. The van der Waals surface area contributed by atoms with Crippen LogP contribution in [0.25, 0.3) is 0 Å². The molecule has 5 heteroatoms. The lowest BCUT2D eigenvalue weighted by Crippen LogP contribution is -2.42. The van der Waals surface area contributed by atoms with Crippen LogP contribution in [0, 0.1) is 0 Å². The second-order valence-electron chi connectivity index (χ2n) is 6.96.